The number of aromatic amines is 1. The van der Waals surface area contributed by atoms with E-state index in [4.69, 9.17) is 0 Å². The number of hydrogen-bond acceptors (Lipinski definition) is 4. The van der Waals surface area contributed by atoms with E-state index in [1.807, 2.05) is 36.0 Å². The number of hydrogen-bond donors (Lipinski definition) is 3. The van der Waals surface area contributed by atoms with Crippen LogP contribution in [0.4, 0.5) is 0 Å². The van der Waals surface area contributed by atoms with E-state index >= 15 is 0 Å². The summed E-state index contributed by atoms with van der Waals surface area (Å²) in [6, 6.07) is 11.3. The van der Waals surface area contributed by atoms with Crippen molar-refractivity contribution in [3.05, 3.63) is 53.9 Å². The molecule has 4 aromatic rings. The van der Waals surface area contributed by atoms with Gasteiger partial charge in [-0.1, -0.05) is 0 Å². The zero-order valence-electron chi connectivity index (χ0n) is 16.4. The quantitative estimate of drug-likeness (QED) is 0.500. The molecule has 0 bridgehead atoms. The third-order valence-corrected chi connectivity index (χ3v) is 5.04. The van der Waals surface area contributed by atoms with Crippen LogP contribution in [0.5, 0.6) is 0 Å². The maximum atomic E-state index is 12.7. The second kappa shape index (κ2) is 6.76. The van der Waals surface area contributed by atoms with E-state index in [-0.39, 0.29) is 12.5 Å². The number of aromatic nitrogens is 3. The minimum Gasteiger partial charge on any atom is -0.394 e. The number of carbonyl (C=O) groups excluding carboxylic acids is 1. The van der Waals surface area contributed by atoms with Gasteiger partial charge in [-0.05, 0) is 44.2 Å². The fourth-order valence-electron chi connectivity index (χ4n) is 3.44. The third-order valence-electron chi connectivity index (χ3n) is 5.04. The van der Waals surface area contributed by atoms with Crippen molar-refractivity contribution >= 4 is 27.8 Å². The number of nitrogens with zero attached hydrogens (tertiary/aromatic N) is 3. The number of carbonyl (C=O) groups is 1. The predicted molar refractivity (Wildman–Crippen MR) is 111 cm³/mol. The summed E-state index contributed by atoms with van der Waals surface area (Å²) in [5.41, 5.74) is 3.74. The minimum atomic E-state index is -0.706. The molecule has 3 aromatic heterocycles. The van der Waals surface area contributed by atoms with Crippen molar-refractivity contribution in [3.8, 4) is 17.3 Å². The van der Waals surface area contributed by atoms with Gasteiger partial charge >= 0.3 is 0 Å². The number of aliphatic hydroxyl groups excluding tert-OH is 1. The standard InChI is InChI=1S/C22H21N5O2/c1-22(2,12-28)26-21(29)13-4-5-19-16(8-13)17(11-27(19)3)18-9-15-14(10-23)6-7-24-20(15)25-18/h4-9,11,28H,12H2,1-3H3,(H,24,25)(H,26,29). The zero-order chi connectivity index (χ0) is 20.8. The summed E-state index contributed by atoms with van der Waals surface area (Å²) < 4.78 is 1.99. The Bertz CT molecular complexity index is 1290. The average Bonchev–Trinajstić information content (AvgIpc) is 3.28. The van der Waals surface area contributed by atoms with Gasteiger partial charge in [-0.3, -0.25) is 4.79 Å². The molecule has 0 fully saturated rings. The Kier molecular flexibility index (Phi) is 4.36. The molecule has 7 heteroatoms. The molecule has 0 aliphatic rings. The molecule has 7 nitrogen and oxygen atoms in total. The topological polar surface area (TPSA) is 107 Å². The van der Waals surface area contributed by atoms with E-state index in [9.17, 15) is 15.2 Å². The van der Waals surface area contributed by atoms with Gasteiger partial charge in [-0.15, -0.1) is 0 Å². The monoisotopic (exact) mass is 387 g/mol. The van der Waals surface area contributed by atoms with Crippen LogP contribution in [0.1, 0.15) is 29.8 Å². The van der Waals surface area contributed by atoms with E-state index in [1.165, 1.54) is 0 Å². The van der Waals surface area contributed by atoms with Crippen LogP contribution in [0.2, 0.25) is 0 Å². The zero-order valence-corrected chi connectivity index (χ0v) is 16.4. The van der Waals surface area contributed by atoms with Gasteiger partial charge in [0, 0.05) is 52.6 Å². The van der Waals surface area contributed by atoms with Crippen LogP contribution in [0.3, 0.4) is 0 Å². The highest BCUT2D eigenvalue weighted by Gasteiger charge is 2.21. The molecule has 4 rings (SSSR count). The van der Waals surface area contributed by atoms with Gasteiger partial charge in [0.05, 0.1) is 23.8 Å². The number of H-pyrrole nitrogens is 1. The molecule has 0 radical (unpaired) electrons. The van der Waals surface area contributed by atoms with Gasteiger partial charge in [0.1, 0.15) is 5.65 Å². The Balaban J connectivity index is 1.84. The van der Waals surface area contributed by atoms with Gasteiger partial charge in [0.25, 0.3) is 5.91 Å². The molecule has 3 heterocycles. The largest absolute Gasteiger partial charge is 0.394 e. The molecule has 0 saturated heterocycles. The van der Waals surface area contributed by atoms with Gasteiger partial charge in [0.2, 0.25) is 0 Å². The summed E-state index contributed by atoms with van der Waals surface area (Å²) in [6.07, 6.45) is 3.59. The van der Waals surface area contributed by atoms with Crippen molar-refractivity contribution in [2.75, 3.05) is 6.61 Å². The van der Waals surface area contributed by atoms with Crippen molar-refractivity contribution in [3.63, 3.8) is 0 Å². The fraction of sp³-hybridized carbons (Fsp3) is 0.227. The van der Waals surface area contributed by atoms with Gasteiger partial charge in [0.15, 0.2) is 0 Å². The fourth-order valence-corrected chi connectivity index (χ4v) is 3.44. The number of nitriles is 1. The van der Waals surface area contributed by atoms with E-state index in [1.54, 1.807) is 32.2 Å². The summed E-state index contributed by atoms with van der Waals surface area (Å²) in [4.78, 5) is 20.3. The van der Waals surface area contributed by atoms with Gasteiger partial charge in [-0.2, -0.15) is 5.26 Å². The molecule has 0 atom stereocenters. The van der Waals surface area contributed by atoms with Crippen LogP contribution >= 0.6 is 0 Å². The van der Waals surface area contributed by atoms with Crippen molar-refractivity contribution in [2.24, 2.45) is 7.05 Å². The molecule has 1 aromatic carbocycles. The Labute approximate surface area is 167 Å². The lowest BCUT2D eigenvalue weighted by Gasteiger charge is -2.23. The summed E-state index contributed by atoms with van der Waals surface area (Å²) in [5, 5.41) is 23.3. The molecule has 3 N–H and O–H groups in total. The first-order valence-electron chi connectivity index (χ1n) is 9.23. The molecule has 146 valence electrons. The lowest BCUT2D eigenvalue weighted by Crippen LogP contribution is -2.46. The highest BCUT2D eigenvalue weighted by atomic mass is 16.3. The lowest BCUT2D eigenvalue weighted by molar-refractivity contribution is 0.0869. The summed E-state index contributed by atoms with van der Waals surface area (Å²) in [6.45, 7) is 3.38. The van der Waals surface area contributed by atoms with E-state index < -0.39 is 5.54 Å². The lowest BCUT2D eigenvalue weighted by atomic mass is 10.0. The highest BCUT2D eigenvalue weighted by molar-refractivity contribution is 6.04. The van der Waals surface area contributed by atoms with Crippen LogP contribution < -0.4 is 5.32 Å². The number of benzene rings is 1. The van der Waals surface area contributed by atoms with Crippen molar-refractivity contribution in [1.82, 2.24) is 19.9 Å². The van der Waals surface area contributed by atoms with Crippen LogP contribution in [0, 0.1) is 11.3 Å². The number of fused-ring (bicyclic) bond motifs is 2. The van der Waals surface area contributed by atoms with Crippen molar-refractivity contribution in [2.45, 2.75) is 19.4 Å². The minimum absolute atomic E-state index is 0.152. The van der Waals surface area contributed by atoms with E-state index in [0.29, 0.717) is 16.8 Å². The van der Waals surface area contributed by atoms with Crippen LogP contribution in [-0.4, -0.2) is 37.7 Å². The van der Waals surface area contributed by atoms with Gasteiger partial charge < -0.3 is 20.0 Å². The molecule has 0 aliphatic carbocycles. The van der Waals surface area contributed by atoms with Gasteiger partial charge in [-0.25, -0.2) is 4.98 Å². The number of rotatable bonds is 4. The SMILES string of the molecule is Cn1cc(-c2cc3c(C#N)ccnc3[nH]2)c2cc(C(=O)NC(C)(C)CO)ccc21. The van der Waals surface area contributed by atoms with E-state index in [2.05, 4.69) is 21.4 Å². The second-order valence-electron chi connectivity index (χ2n) is 7.80. The van der Waals surface area contributed by atoms with Crippen LogP contribution in [0.15, 0.2) is 42.7 Å². The van der Waals surface area contributed by atoms with Crippen molar-refractivity contribution < 1.29 is 9.90 Å². The Morgan fingerprint density at radius 1 is 1.31 bits per heavy atom. The molecule has 1 amide bonds. The summed E-state index contributed by atoms with van der Waals surface area (Å²) in [7, 11) is 1.95. The summed E-state index contributed by atoms with van der Waals surface area (Å²) in [5.74, 6) is -0.245. The third kappa shape index (κ3) is 3.24. The molecule has 0 spiro atoms. The first-order valence-corrected chi connectivity index (χ1v) is 9.23. The molecule has 0 unspecified atom stereocenters. The average molecular weight is 387 g/mol. The number of pyridine rings is 1. The molecule has 29 heavy (non-hydrogen) atoms. The Hall–Kier alpha value is -3.63. The normalized spacial score (nSPS) is 11.7. The molecular formula is C22H21N5O2. The predicted octanol–water partition coefficient (Wildman–Crippen LogP) is 3.09. The second-order valence-corrected chi connectivity index (χ2v) is 7.80. The smallest absolute Gasteiger partial charge is 0.251 e. The first-order chi connectivity index (χ1) is 13.8. The van der Waals surface area contributed by atoms with Crippen LogP contribution in [0.25, 0.3) is 33.2 Å². The number of aryl methyl sites for hydroxylation is 1. The number of nitrogens with one attached hydrogen (secondary N) is 2. The highest BCUT2D eigenvalue weighted by Crippen LogP contribution is 2.33. The van der Waals surface area contributed by atoms with Crippen LogP contribution in [-0.2, 0) is 7.05 Å². The summed E-state index contributed by atoms with van der Waals surface area (Å²) >= 11 is 0. The number of amides is 1. The Morgan fingerprint density at radius 3 is 2.83 bits per heavy atom. The maximum absolute atomic E-state index is 12.7. The number of aliphatic hydroxyl groups is 1. The van der Waals surface area contributed by atoms with Crippen molar-refractivity contribution in [1.29, 1.82) is 5.26 Å². The molecular weight excluding hydrogens is 366 g/mol. The maximum Gasteiger partial charge on any atom is 0.251 e. The van der Waals surface area contributed by atoms with E-state index in [0.717, 1.165) is 27.5 Å². The Morgan fingerprint density at radius 2 is 2.10 bits per heavy atom. The molecule has 0 saturated carbocycles. The first kappa shape index (κ1) is 18.7. The molecule has 0 aliphatic heterocycles.